The third-order valence-electron chi connectivity index (χ3n) is 9.40. The summed E-state index contributed by atoms with van der Waals surface area (Å²) in [6, 6.07) is 48.4. The molecule has 8 rings (SSSR count). The minimum Gasteiger partial charge on any atom is -0.383 e. The fraction of sp³-hybridized carbons (Fsp3) is 0.114. The molecule has 0 saturated heterocycles. The van der Waals surface area contributed by atoms with Gasteiger partial charge >= 0.3 is 0 Å². The van der Waals surface area contributed by atoms with Gasteiger partial charge in [-0.25, -0.2) is 0 Å². The van der Waals surface area contributed by atoms with Crippen LogP contribution >= 0.6 is 0 Å². The van der Waals surface area contributed by atoms with E-state index in [1.807, 2.05) is 48.5 Å². The van der Waals surface area contributed by atoms with Crippen molar-refractivity contribution in [3.8, 4) is 0 Å². The number of nitrogens with zero attached hydrogens (tertiary/aromatic N) is 1. The molecule has 0 spiro atoms. The van der Waals surface area contributed by atoms with Crippen LogP contribution in [0.25, 0.3) is 38.4 Å². The maximum Gasteiger partial charge on any atom is 0.192 e. The minimum atomic E-state index is -0.945. The molecule has 7 aromatic rings. The van der Waals surface area contributed by atoms with Crippen molar-refractivity contribution in [2.75, 3.05) is 4.90 Å². The molecule has 47 heavy (non-hydrogen) atoms. The fourth-order valence-corrected chi connectivity index (χ4v) is 6.81. The number of benzene rings is 7. The average Bonchev–Trinajstić information content (AvgIpc) is 3.31. The van der Waals surface area contributed by atoms with Gasteiger partial charge in [0.15, 0.2) is 5.78 Å². The summed E-state index contributed by atoms with van der Waals surface area (Å²) in [6.07, 6.45) is 0.893. The summed E-state index contributed by atoms with van der Waals surface area (Å²) < 4.78 is 0. The van der Waals surface area contributed by atoms with Crippen LogP contribution < -0.4 is 4.90 Å². The van der Waals surface area contributed by atoms with Crippen LogP contribution in [0.5, 0.6) is 0 Å². The van der Waals surface area contributed by atoms with Crippen molar-refractivity contribution in [1.29, 1.82) is 0 Å². The van der Waals surface area contributed by atoms with Crippen LogP contribution in [-0.2, 0) is 5.41 Å². The van der Waals surface area contributed by atoms with Crippen LogP contribution in [0.2, 0.25) is 0 Å². The Bertz CT molecular complexity index is 2390. The molecule has 0 radical (unpaired) electrons. The van der Waals surface area contributed by atoms with E-state index in [9.17, 15) is 9.90 Å². The Morgan fingerprint density at radius 2 is 1.13 bits per heavy atom. The van der Waals surface area contributed by atoms with Gasteiger partial charge in [-0.05, 0) is 115 Å². The summed E-state index contributed by atoms with van der Waals surface area (Å²) in [6.45, 7) is 6.73. The van der Waals surface area contributed by atoms with E-state index in [1.165, 1.54) is 16.3 Å². The molecule has 0 aliphatic heterocycles. The van der Waals surface area contributed by atoms with Gasteiger partial charge in [-0.15, -0.1) is 0 Å². The van der Waals surface area contributed by atoms with Gasteiger partial charge in [-0.1, -0.05) is 106 Å². The lowest BCUT2D eigenvalue weighted by atomic mass is 9.87. The third-order valence-corrected chi connectivity index (χ3v) is 9.40. The van der Waals surface area contributed by atoms with E-state index < -0.39 is 6.10 Å². The van der Waals surface area contributed by atoms with Gasteiger partial charge in [0.25, 0.3) is 0 Å². The zero-order valence-electron chi connectivity index (χ0n) is 26.7. The van der Waals surface area contributed by atoms with E-state index in [0.717, 1.165) is 44.2 Å². The molecular formula is C44H35NO2. The second-order valence-corrected chi connectivity index (χ2v) is 13.6. The summed E-state index contributed by atoms with van der Waals surface area (Å²) in [5.74, 6) is -0.114. The highest BCUT2D eigenvalue weighted by atomic mass is 16.3. The molecule has 1 atom stereocenters. The van der Waals surface area contributed by atoms with Crippen LogP contribution in [0.15, 0.2) is 145 Å². The van der Waals surface area contributed by atoms with Crippen molar-refractivity contribution < 1.29 is 9.90 Å². The summed E-state index contributed by atoms with van der Waals surface area (Å²) in [4.78, 5) is 15.8. The normalized spacial score (nSPS) is 15.5. The molecule has 7 aromatic carbocycles. The van der Waals surface area contributed by atoms with Crippen LogP contribution in [0.1, 0.15) is 53.9 Å². The Morgan fingerprint density at radius 1 is 0.574 bits per heavy atom. The Balaban J connectivity index is 1.19. The molecule has 1 unspecified atom stereocenters. The zero-order valence-corrected chi connectivity index (χ0v) is 26.7. The summed E-state index contributed by atoms with van der Waals surface area (Å²) in [5, 5.41) is 17.8. The number of aliphatic hydroxyl groups excluding tert-OH is 1. The highest BCUT2D eigenvalue weighted by molar-refractivity contribution is 6.18. The first-order chi connectivity index (χ1) is 22.7. The minimum absolute atomic E-state index is 0.0163. The highest BCUT2D eigenvalue weighted by Gasteiger charge is 2.33. The van der Waals surface area contributed by atoms with Gasteiger partial charge < -0.3 is 10.0 Å². The van der Waals surface area contributed by atoms with Crippen LogP contribution in [-0.4, -0.2) is 10.9 Å². The van der Waals surface area contributed by atoms with Crippen LogP contribution in [0.3, 0.4) is 0 Å². The van der Waals surface area contributed by atoms with Crippen molar-refractivity contribution in [1.82, 2.24) is 0 Å². The molecule has 1 aliphatic carbocycles. The summed E-state index contributed by atoms with van der Waals surface area (Å²) in [7, 11) is 0. The molecule has 0 bridgehead atoms. The topological polar surface area (TPSA) is 40.5 Å². The maximum atomic E-state index is 13.4. The van der Waals surface area contributed by atoms with Gasteiger partial charge in [0.1, 0.15) is 6.10 Å². The molecule has 0 aromatic heterocycles. The quantitative estimate of drug-likeness (QED) is 0.202. The molecule has 3 heteroatoms. The van der Waals surface area contributed by atoms with Gasteiger partial charge in [0, 0.05) is 28.2 Å². The lowest BCUT2D eigenvalue weighted by molar-refractivity contribution is 0.102. The molecule has 0 fully saturated rings. The molecule has 3 nitrogen and oxygen atoms in total. The van der Waals surface area contributed by atoms with E-state index in [1.54, 1.807) is 0 Å². The van der Waals surface area contributed by atoms with Gasteiger partial charge in [0.2, 0.25) is 0 Å². The highest BCUT2D eigenvalue weighted by Crippen LogP contribution is 2.41. The lowest BCUT2D eigenvalue weighted by Crippen LogP contribution is -2.14. The summed E-state index contributed by atoms with van der Waals surface area (Å²) in [5.41, 5.74) is 7.11. The predicted molar refractivity (Wildman–Crippen MR) is 196 cm³/mol. The monoisotopic (exact) mass is 609 g/mol. The van der Waals surface area contributed by atoms with Crippen LogP contribution in [0, 0.1) is 0 Å². The first kappa shape index (κ1) is 28.9. The Hall–Kier alpha value is -5.51. The number of ketones is 1. The molecule has 0 heterocycles. The Kier molecular flexibility index (Phi) is 6.82. The van der Waals surface area contributed by atoms with Crippen molar-refractivity contribution >= 4 is 61.2 Å². The van der Waals surface area contributed by atoms with Crippen molar-refractivity contribution in [3.63, 3.8) is 0 Å². The smallest absolute Gasteiger partial charge is 0.192 e. The first-order valence-corrected chi connectivity index (χ1v) is 16.1. The largest absolute Gasteiger partial charge is 0.383 e. The number of hydrogen-bond acceptors (Lipinski definition) is 3. The van der Waals surface area contributed by atoms with Gasteiger partial charge in [-0.2, -0.15) is 0 Å². The molecule has 0 amide bonds. The van der Waals surface area contributed by atoms with Crippen molar-refractivity contribution in [2.45, 2.75) is 32.3 Å². The number of hydrogen-bond donors (Lipinski definition) is 1. The maximum absolute atomic E-state index is 13.4. The molecule has 0 saturated carbocycles. The number of anilines is 3. The zero-order chi connectivity index (χ0) is 32.3. The number of fused-ring (bicyclic) bond motifs is 4. The number of carbonyl (C=O) groups is 1. The SMILES string of the molecule is CC(C)(C)c1cccc(N(c2ccc3ccccc3c2)c2ccc3cc(/C=C4\C(=O)c5cc6ccccc6cc5C4O)ccc3c2)c1. The van der Waals surface area contributed by atoms with E-state index in [4.69, 9.17) is 0 Å². The number of Topliss-reactive ketones (excluding diaryl/α,β-unsaturated/α-hetero) is 1. The fourth-order valence-electron chi connectivity index (χ4n) is 6.81. The molecule has 228 valence electrons. The number of carbonyl (C=O) groups excluding carboxylic acids is 1. The van der Waals surface area contributed by atoms with E-state index in [0.29, 0.717) is 16.7 Å². The third kappa shape index (κ3) is 5.19. The first-order valence-electron chi connectivity index (χ1n) is 16.1. The van der Waals surface area contributed by atoms with Gasteiger partial charge in [0.05, 0.1) is 0 Å². The predicted octanol–water partition coefficient (Wildman–Crippen LogP) is 11.2. The van der Waals surface area contributed by atoms with E-state index in [-0.39, 0.29) is 11.2 Å². The van der Waals surface area contributed by atoms with E-state index >= 15 is 0 Å². The Morgan fingerprint density at radius 3 is 1.83 bits per heavy atom. The average molecular weight is 610 g/mol. The molecule has 1 aliphatic rings. The Labute approximate surface area is 275 Å². The van der Waals surface area contributed by atoms with Gasteiger partial charge in [-0.3, -0.25) is 4.79 Å². The summed E-state index contributed by atoms with van der Waals surface area (Å²) >= 11 is 0. The number of rotatable bonds is 4. The lowest BCUT2D eigenvalue weighted by Gasteiger charge is -2.28. The standard InChI is InChI=1S/C44H35NO2/c1-44(2,3)35-13-8-14-36(27-35)45(37-19-17-29-9-4-5-10-30(29)23-37)38-20-18-33-21-28(15-16-34(33)24-38)22-41-42(46)39-25-31-11-6-7-12-32(31)26-40(39)43(41)47/h4-27,42,46H,1-3H3/b41-22-. The second kappa shape index (κ2) is 11.1. The number of aliphatic hydroxyl groups is 1. The molecular weight excluding hydrogens is 574 g/mol. The van der Waals surface area contributed by atoms with Crippen molar-refractivity contribution in [2.24, 2.45) is 0 Å². The van der Waals surface area contributed by atoms with Crippen LogP contribution in [0.4, 0.5) is 17.1 Å². The van der Waals surface area contributed by atoms with E-state index in [2.05, 4.69) is 123 Å². The van der Waals surface area contributed by atoms with Crippen molar-refractivity contribution in [3.05, 3.63) is 167 Å². The second-order valence-electron chi connectivity index (χ2n) is 13.6. The molecule has 1 N–H and O–H groups in total.